The molecule has 82 valence electrons. The molecule has 0 aliphatic heterocycles. The minimum absolute atomic E-state index is 0.0610. The van der Waals surface area contributed by atoms with Gasteiger partial charge in [-0.05, 0) is 28.8 Å². The lowest BCUT2D eigenvalue weighted by molar-refractivity contribution is 1.26. The van der Waals surface area contributed by atoms with E-state index in [0.29, 0.717) is 0 Å². The number of alkyl halides is 1. The molecular weight excluding hydrogens is 266 g/mol. The molecule has 1 heterocycles. The second-order valence-electron chi connectivity index (χ2n) is 3.57. The van der Waals surface area contributed by atoms with E-state index in [1.807, 2.05) is 18.2 Å². The quantitative estimate of drug-likeness (QED) is 0.858. The molecule has 1 aromatic heterocycles. The van der Waals surface area contributed by atoms with E-state index in [4.69, 9.17) is 0 Å². The Kier molecular flexibility index (Phi) is 3.57. The molecule has 0 aliphatic carbocycles. The van der Waals surface area contributed by atoms with Crippen LogP contribution in [0.15, 0.2) is 41.3 Å². The predicted octanol–water partition coefficient (Wildman–Crippen LogP) is 3.33. The van der Waals surface area contributed by atoms with Crippen LogP contribution in [0.2, 0.25) is 0 Å². The van der Waals surface area contributed by atoms with E-state index >= 15 is 0 Å². The first-order chi connectivity index (χ1) is 7.79. The van der Waals surface area contributed by atoms with Crippen LogP contribution >= 0.6 is 15.9 Å². The van der Waals surface area contributed by atoms with Gasteiger partial charge in [0.05, 0.1) is 0 Å². The van der Waals surface area contributed by atoms with Crippen LogP contribution in [0.4, 0.5) is 0 Å². The maximum absolute atomic E-state index is 11.2. The highest BCUT2D eigenvalue weighted by Crippen LogP contribution is 2.14. The van der Waals surface area contributed by atoms with Gasteiger partial charge in [-0.25, -0.2) is 0 Å². The number of rotatable bonds is 3. The number of allylic oxidation sites excluding steroid dienone is 1. The van der Waals surface area contributed by atoms with Gasteiger partial charge < -0.3 is 4.98 Å². The molecule has 0 unspecified atom stereocenters. The van der Waals surface area contributed by atoms with Crippen LogP contribution in [0.25, 0.3) is 16.8 Å². The maximum atomic E-state index is 11.2. The summed E-state index contributed by atoms with van der Waals surface area (Å²) in [4.78, 5) is 13.8. The van der Waals surface area contributed by atoms with Gasteiger partial charge in [0.2, 0.25) is 5.56 Å². The molecule has 0 aliphatic rings. The van der Waals surface area contributed by atoms with Gasteiger partial charge in [0.15, 0.2) is 0 Å². The van der Waals surface area contributed by atoms with Crippen LogP contribution in [-0.4, -0.2) is 10.3 Å². The number of nitrogens with one attached hydrogen (secondary N) is 1. The number of aromatic amines is 1. The zero-order valence-corrected chi connectivity index (χ0v) is 10.3. The summed E-state index contributed by atoms with van der Waals surface area (Å²) in [5.74, 6) is 0. The van der Waals surface area contributed by atoms with Gasteiger partial charge in [0.25, 0.3) is 0 Å². The third-order valence-electron chi connectivity index (χ3n) is 2.35. The van der Waals surface area contributed by atoms with Gasteiger partial charge >= 0.3 is 0 Å². The number of halogens is 1. The van der Waals surface area contributed by atoms with Crippen molar-refractivity contribution in [3.05, 3.63) is 52.5 Å². The molecule has 1 aromatic carbocycles. The van der Waals surface area contributed by atoms with E-state index in [9.17, 15) is 4.79 Å². The smallest absolute Gasteiger partial charge is 0.248 e. The normalized spacial score (nSPS) is 11.3. The molecule has 2 rings (SSSR count). The second-order valence-corrected chi connectivity index (χ2v) is 4.36. The Bertz CT molecular complexity index is 571. The van der Waals surface area contributed by atoms with Crippen LogP contribution in [0.1, 0.15) is 12.0 Å². The van der Waals surface area contributed by atoms with E-state index < -0.39 is 0 Å². The van der Waals surface area contributed by atoms with Crippen molar-refractivity contribution in [2.45, 2.75) is 6.42 Å². The lowest BCUT2D eigenvalue weighted by atomic mass is 10.1. The van der Waals surface area contributed by atoms with Gasteiger partial charge in [-0.15, -0.1) is 0 Å². The van der Waals surface area contributed by atoms with Crippen LogP contribution in [0, 0.1) is 0 Å². The van der Waals surface area contributed by atoms with Crippen LogP contribution < -0.4 is 5.56 Å². The molecule has 1 N–H and O–H groups in total. The Morgan fingerprint density at radius 2 is 2.12 bits per heavy atom. The molecule has 0 bridgehead atoms. The number of benzene rings is 1. The lowest BCUT2D eigenvalue weighted by Crippen LogP contribution is -2.01. The Labute approximate surface area is 102 Å². The molecule has 0 radical (unpaired) electrons. The first-order valence-electron chi connectivity index (χ1n) is 5.14. The number of H-pyrrole nitrogens is 1. The van der Waals surface area contributed by atoms with E-state index in [1.54, 1.807) is 12.3 Å². The number of hydrogen-bond acceptors (Lipinski definition) is 1. The summed E-state index contributed by atoms with van der Waals surface area (Å²) < 4.78 is 0. The van der Waals surface area contributed by atoms with Crippen molar-refractivity contribution in [2.24, 2.45) is 0 Å². The molecule has 0 spiro atoms. The zero-order chi connectivity index (χ0) is 11.4. The van der Waals surface area contributed by atoms with Crippen LogP contribution in [-0.2, 0) is 0 Å². The molecule has 2 nitrogen and oxygen atoms in total. The van der Waals surface area contributed by atoms with Gasteiger partial charge in [0.1, 0.15) is 0 Å². The third kappa shape index (κ3) is 2.61. The highest BCUT2D eigenvalue weighted by Gasteiger charge is 1.94. The highest BCUT2D eigenvalue weighted by molar-refractivity contribution is 9.09. The van der Waals surface area contributed by atoms with Gasteiger partial charge in [-0.1, -0.05) is 40.2 Å². The van der Waals surface area contributed by atoms with E-state index in [0.717, 1.165) is 28.1 Å². The zero-order valence-electron chi connectivity index (χ0n) is 8.74. The van der Waals surface area contributed by atoms with Crippen LogP contribution in [0.5, 0.6) is 0 Å². The minimum Gasteiger partial charge on any atom is -0.328 e. The third-order valence-corrected chi connectivity index (χ3v) is 2.81. The van der Waals surface area contributed by atoms with Gasteiger partial charge in [0, 0.05) is 17.6 Å². The van der Waals surface area contributed by atoms with Gasteiger partial charge in [-0.2, -0.15) is 0 Å². The molecule has 0 saturated heterocycles. The molecule has 16 heavy (non-hydrogen) atoms. The average Bonchev–Trinajstić information content (AvgIpc) is 2.29. The van der Waals surface area contributed by atoms with Crippen molar-refractivity contribution in [3.63, 3.8) is 0 Å². The maximum Gasteiger partial charge on any atom is 0.248 e. The summed E-state index contributed by atoms with van der Waals surface area (Å²) in [7, 11) is 0. The Morgan fingerprint density at radius 1 is 1.25 bits per heavy atom. The summed E-state index contributed by atoms with van der Waals surface area (Å²) in [5.41, 5.74) is 1.06. The average molecular weight is 278 g/mol. The summed E-state index contributed by atoms with van der Waals surface area (Å²) in [6, 6.07) is 7.71. The van der Waals surface area contributed by atoms with Gasteiger partial charge in [-0.3, -0.25) is 4.79 Å². The van der Waals surface area contributed by atoms with Crippen molar-refractivity contribution in [1.82, 2.24) is 4.98 Å². The summed E-state index contributed by atoms with van der Waals surface area (Å²) in [5, 5.41) is 3.00. The fraction of sp³-hybridized carbons (Fsp3) is 0.154. The van der Waals surface area contributed by atoms with Crippen molar-refractivity contribution in [3.8, 4) is 0 Å². The fourth-order valence-corrected chi connectivity index (χ4v) is 1.83. The van der Waals surface area contributed by atoms with E-state index in [1.165, 1.54) is 0 Å². The molecule has 3 heteroatoms. The topological polar surface area (TPSA) is 32.9 Å². The van der Waals surface area contributed by atoms with Crippen molar-refractivity contribution < 1.29 is 0 Å². The standard InChI is InChI=1S/C13H12BrNO/c14-6-2-1-3-10-4-5-11-9-15-13(16)8-12(11)7-10/h1,3-5,7-9H,2,6H2,(H,15,16). The predicted molar refractivity (Wildman–Crippen MR) is 72.0 cm³/mol. The van der Waals surface area contributed by atoms with Crippen molar-refractivity contribution >= 4 is 32.8 Å². The van der Waals surface area contributed by atoms with Crippen molar-refractivity contribution in [1.29, 1.82) is 0 Å². The number of aromatic nitrogens is 1. The Balaban J connectivity index is 2.39. The largest absolute Gasteiger partial charge is 0.328 e. The fourth-order valence-electron chi connectivity index (χ4n) is 1.57. The summed E-state index contributed by atoms with van der Waals surface area (Å²) >= 11 is 3.38. The molecule has 2 aromatic rings. The number of pyridine rings is 1. The molecule has 0 saturated carbocycles. The molecule has 0 fully saturated rings. The molecule has 0 atom stereocenters. The minimum atomic E-state index is -0.0610. The molecular formula is C13H12BrNO. The first-order valence-corrected chi connectivity index (χ1v) is 6.27. The Morgan fingerprint density at radius 3 is 2.94 bits per heavy atom. The molecule has 0 amide bonds. The lowest BCUT2D eigenvalue weighted by Gasteiger charge is -1.98. The van der Waals surface area contributed by atoms with Crippen molar-refractivity contribution in [2.75, 3.05) is 5.33 Å². The Hall–Kier alpha value is -1.35. The second kappa shape index (κ2) is 5.12. The number of fused-ring (bicyclic) bond motifs is 1. The summed E-state index contributed by atoms with van der Waals surface area (Å²) in [6.07, 6.45) is 6.93. The van der Waals surface area contributed by atoms with Crippen LogP contribution in [0.3, 0.4) is 0 Å². The monoisotopic (exact) mass is 277 g/mol. The SMILES string of the molecule is O=c1cc2cc(C=CCCBr)ccc2c[nH]1. The van der Waals surface area contributed by atoms with E-state index in [2.05, 4.69) is 33.1 Å². The first kappa shape index (κ1) is 11.1. The summed E-state index contributed by atoms with van der Waals surface area (Å²) in [6.45, 7) is 0. The highest BCUT2D eigenvalue weighted by atomic mass is 79.9. The number of hydrogen-bond donors (Lipinski definition) is 1. The van der Waals surface area contributed by atoms with E-state index in [-0.39, 0.29) is 5.56 Å².